The van der Waals surface area contributed by atoms with Crippen LogP contribution in [0.4, 0.5) is 8.78 Å². The molecule has 0 radical (unpaired) electrons. The van der Waals surface area contributed by atoms with Crippen LogP contribution in [0.15, 0.2) is 12.1 Å². The van der Waals surface area contributed by atoms with Gasteiger partial charge in [-0.15, -0.1) is 0 Å². The lowest BCUT2D eigenvalue weighted by atomic mass is 9.86. The summed E-state index contributed by atoms with van der Waals surface area (Å²) in [5, 5.41) is 3.10. The summed E-state index contributed by atoms with van der Waals surface area (Å²) >= 11 is 0. The van der Waals surface area contributed by atoms with Crippen molar-refractivity contribution < 1.29 is 13.6 Å². The molecule has 1 amide bonds. The van der Waals surface area contributed by atoms with Crippen molar-refractivity contribution in [2.45, 2.75) is 51.5 Å². The summed E-state index contributed by atoms with van der Waals surface area (Å²) in [5.41, 5.74) is 1.53. The van der Waals surface area contributed by atoms with Crippen LogP contribution in [0, 0.1) is 11.6 Å². The maximum Gasteiger partial charge on any atom is 0.236 e. The molecule has 1 unspecified atom stereocenters. The van der Waals surface area contributed by atoms with Gasteiger partial charge in [-0.1, -0.05) is 6.92 Å². The molecule has 150 valence electrons. The Hall–Kier alpha value is -1.53. The number of piperazine rings is 1. The number of amides is 1. The number of carbonyl (C=O) groups excluding carboxylic acids is 1. The Morgan fingerprint density at radius 2 is 2.11 bits per heavy atom. The first kappa shape index (κ1) is 20.2. The van der Waals surface area contributed by atoms with Gasteiger partial charge >= 0.3 is 0 Å². The summed E-state index contributed by atoms with van der Waals surface area (Å²) in [6, 6.07) is 2.85. The predicted octanol–water partition coefficient (Wildman–Crippen LogP) is 2.75. The zero-order chi connectivity index (χ0) is 19.2. The number of unbranched alkanes of at least 4 members (excludes halogenated alkanes) is 1. The molecule has 1 atom stereocenters. The molecule has 1 aromatic carbocycles. The van der Waals surface area contributed by atoms with Gasteiger partial charge in [0.15, 0.2) is 0 Å². The minimum atomic E-state index is -0.477. The van der Waals surface area contributed by atoms with Crippen molar-refractivity contribution in [2.24, 2.45) is 0 Å². The molecule has 1 aromatic rings. The fourth-order valence-electron chi connectivity index (χ4n) is 4.36. The largest absolute Gasteiger partial charge is 0.340 e. The van der Waals surface area contributed by atoms with Crippen molar-refractivity contribution >= 4 is 5.91 Å². The quantitative estimate of drug-likeness (QED) is 0.706. The smallest absolute Gasteiger partial charge is 0.236 e. The van der Waals surface area contributed by atoms with E-state index in [2.05, 4.69) is 17.1 Å². The summed E-state index contributed by atoms with van der Waals surface area (Å²) in [6.45, 7) is 7.11. The average molecular weight is 379 g/mol. The van der Waals surface area contributed by atoms with Crippen molar-refractivity contribution in [1.82, 2.24) is 15.1 Å². The zero-order valence-corrected chi connectivity index (χ0v) is 16.3. The molecule has 1 aliphatic carbocycles. The van der Waals surface area contributed by atoms with Gasteiger partial charge in [-0.25, -0.2) is 8.78 Å². The van der Waals surface area contributed by atoms with E-state index in [0.717, 1.165) is 76.5 Å². The average Bonchev–Trinajstić information content (AvgIpc) is 2.65. The number of benzene rings is 1. The second-order valence-electron chi connectivity index (χ2n) is 7.72. The molecule has 1 aliphatic heterocycles. The van der Waals surface area contributed by atoms with E-state index in [0.29, 0.717) is 24.6 Å². The summed E-state index contributed by atoms with van der Waals surface area (Å²) in [5.74, 6) is -0.680. The van der Waals surface area contributed by atoms with Crippen molar-refractivity contribution in [3.8, 4) is 0 Å². The minimum Gasteiger partial charge on any atom is -0.340 e. The van der Waals surface area contributed by atoms with E-state index in [1.54, 1.807) is 0 Å². The number of nitrogens with zero attached hydrogens (tertiary/aromatic N) is 2. The van der Waals surface area contributed by atoms with Crippen LogP contribution in [-0.4, -0.2) is 61.0 Å². The molecule has 0 bridgehead atoms. The van der Waals surface area contributed by atoms with Crippen LogP contribution in [0.3, 0.4) is 0 Å². The third-order valence-electron chi connectivity index (χ3n) is 5.77. The minimum absolute atomic E-state index is 0.194. The maximum atomic E-state index is 14.0. The van der Waals surface area contributed by atoms with Crippen LogP contribution < -0.4 is 5.32 Å². The molecular formula is C21H31F2N3O. The van der Waals surface area contributed by atoms with Gasteiger partial charge in [0.1, 0.15) is 11.6 Å². The molecule has 27 heavy (non-hydrogen) atoms. The lowest BCUT2D eigenvalue weighted by Gasteiger charge is -2.35. The standard InChI is InChI=1S/C21H31F2N3O/c1-2-8-25(9-3-4-10-26-11-7-24-15-21(26)27)18-5-6-19-16(13-18)12-17(22)14-20(19)23/h12,14,18,24H,2-11,13,15H2,1H3. The van der Waals surface area contributed by atoms with Crippen LogP contribution in [0.5, 0.6) is 0 Å². The van der Waals surface area contributed by atoms with E-state index >= 15 is 0 Å². The van der Waals surface area contributed by atoms with Gasteiger partial charge in [-0.2, -0.15) is 0 Å². The number of fused-ring (bicyclic) bond motifs is 1. The summed E-state index contributed by atoms with van der Waals surface area (Å²) in [6.07, 6.45) is 5.43. The lowest BCUT2D eigenvalue weighted by molar-refractivity contribution is -0.131. The zero-order valence-electron chi connectivity index (χ0n) is 16.3. The van der Waals surface area contributed by atoms with E-state index in [9.17, 15) is 13.6 Å². The van der Waals surface area contributed by atoms with Crippen LogP contribution in [0.1, 0.15) is 43.7 Å². The SMILES string of the molecule is CCCN(CCCCN1CCNCC1=O)C1CCc2c(F)cc(F)cc2C1. The first-order chi connectivity index (χ1) is 13.1. The van der Waals surface area contributed by atoms with E-state index in [4.69, 9.17) is 0 Å². The fraction of sp³-hybridized carbons (Fsp3) is 0.667. The molecule has 3 rings (SSSR count). The van der Waals surface area contributed by atoms with Gasteiger partial charge in [0.25, 0.3) is 0 Å². The van der Waals surface area contributed by atoms with E-state index < -0.39 is 11.6 Å². The predicted molar refractivity (Wildman–Crippen MR) is 103 cm³/mol. The molecule has 0 aromatic heterocycles. The van der Waals surface area contributed by atoms with Crippen molar-refractivity contribution in [2.75, 3.05) is 39.3 Å². The molecule has 1 heterocycles. The fourth-order valence-corrected chi connectivity index (χ4v) is 4.36. The second kappa shape index (κ2) is 9.60. The number of rotatable bonds is 8. The third-order valence-corrected chi connectivity index (χ3v) is 5.77. The van der Waals surface area contributed by atoms with Crippen LogP contribution in [-0.2, 0) is 17.6 Å². The topological polar surface area (TPSA) is 35.6 Å². The van der Waals surface area contributed by atoms with Crippen molar-refractivity contribution in [3.05, 3.63) is 34.9 Å². The summed E-state index contributed by atoms with van der Waals surface area (Å²) in [7, 11) is 0. The number of nitrogens with one attached hydrogen (secondary N) is 1. The van der Waals surface area contributed by atoms with Gasteiger partial charge in [0.05, 0.1) is 6.54 Å². The number of hydrogen-bond donors (Lipinski definition) is 1. The highest BCUT2D eigenvalue weighted by Gasteiger charge is 2.26. The van der Waals surface area contributed by atoms with E-state index in [1.165, 1.54) is 6.07 Å². The van der Waals surface area contributed by atoms with Gasteiger partial charge in [-0.3, -0.25) is 4.79 Å². The first-order valence-electron chi connectivity index (χ1n) is 10.3. The Bertz CT molecular complexity index is 653. The Balaban J connectivity index is 1.52. The molecule has 2 aliphatic rings. The lowest BCUT2D eigenvalue weighted by Crippen LogP contribution is -2.48. The van der Waals surface area contributed by atoms with Gasteiger partial charge in [0.2, 0.25) is 5.91 Å². The summed E-state index contributed by atoms with van der Waals surface area (Å²) in [4.78, 5) is 16.3. The van der Waals surface area contributed by atoms with Crippen molar-refractivity contribution in [1.29, 1.82) is 0 Å². The second-order valence-corrected chi connectivity index (χ2v) is 7.72. The maximum absolute atomic E-state index is 14.0. The highest BCUT2D eigenvalue weighted by molar-refractivity contribution is 5.78. The Morgan fingerprint density at radius 1 is 1.26 bits per heavy atom. The van der Waals surface area contributed by atoms with Crippen LogP contribution >= 0.6 is 0 Å². The molecule has 1 fully saturated rings. The van der Waals surface area contributed by atoms with Gasteiger partial charge < -0.3 is 15.1 Å². The number of halogens is 2. The summed E-state index contributed by atoms with van der Waals surface area (Å²) < 4.78 is 27.6. The van der Waals surface area contributed by atoms with Crippen molar-refractivity contribution in [3.63, 3.8) is 0 Å². The van der Waals surface area contributed by atoms with Gasteiger partial charge in [0, 0.05) is 31.7 Å². The highest BCUT2D eigenvalue weighted by atomic mass is 19.1. The molecule has 0 spiro atoms. The molecule has 4 nitrogen and oxygen atoms in total. The first-order valence-corrected chi connectivity index (χ1v) is 10.3. The molecule has 1 N–H and O–H groups in total. The normalized spacial score (nSPS) is 20.2. The molecule has 6 heteroatoms. The Morgan fingerprint density at radius 3 is 2.89 bits per heavy atom. The van der Waals surface area contributed by atoms with Crippen LogP contribution in [0.2, 0.25) is 0 Å². The Labute approximate surface area is 160 Å². The number of hydrogen-bond acceptors (Lipinski definition) is 3. The Kier molecular flexibility index (Phi) is 7.19. The van der Waals surface area contributed by atoms with E-state index in [-0.39, 0.29) is 5.91 Å². The molecule has 1 saturated heterocycles. The van der Waals surface area contributed by atoms with Gasteiger partial charge in [-0.05, 0) is 68.8 Å². The molecule has 0 saturated carbocycles. The van der Waals surface area contributed by atoms with E-state index in [1.807, 2.05) is 4.90 Å². The van der Waals surface area contributed by atoms with Crippen LogP contribution in [0.25, 0.3) is 0 Å². The number of carbonyl (C=O) groups is 1. The molecular weight excluding hydrogens is 348 g/mol. The third kappa shape index (κ3) is 5.26. The highest BCUT2D eigenvalue weighted by Crippen LogP contribution is 2.28. The monoisotopic (exact) mass is 379 g/mol.